The van der Waals surface area contributed by atoms with Crippen LogP contribution < -0.4 is 4.72 Å². The van der Waals surface area contributed by atoms with Gasteiger partial charge in [-0.1, -0.05) is 0 Å². The smallest absolute Gasteiger partial charge is 0.250 e. The lowest BCUT2D eigenvalue weighted by Crippen LogP contribution is -2.35. The molecule has 8 heteroatoms. The van der Waals surface area contributed by atoms with Crippen LogP contribution in [0.15, 0.2) is 20.1 Å². The summed E-state index contributed by atoms with van der Waals surface area (Å²) in [4.78, 5) is 2.05. The molecular weight excluding hydrogens is 364 g/mol. The zero-order chi connectivity index (χ0) is 15.2. The summed E-state index contributed by atoms with van der Waals surface area (Å²) in [5, 5.41) is 0. The monoisotopic (exact) mass is 384 g/mol. The fraction of sp³-hybridized carbons (Fsp3) is 0.667. The van der Waals surface area contributed by atoms with E-state index in [1.165, 1.54) is 11.3 Å². The molecule has 0 saturated carbocycles. The van der Waals surface area contributed by atoms with E-state index in [0.717, 1.165) is 16.8 Å². The minimum absolute atomic E-state index is 0.111. The van der Waals surface area contributed by atoms with Gasteiger partial charge in [-0.3, -0.25) is 0 Å². The molecule has 1 aromatic rings. The average molecular weight is 385 g/mol. The standard InChI is InChI=1S/C12H21BrN2O3S2/c1-4-18-10(7-8-15(2)3)9-14-20(16,17)12-6-5-11(13)19-12/h5-6,10,14H,4,7-9H2,1-3H3. The van der Waals surface area contributed by atoms with Crippen LogP contribution in [0.3, 0.4) is 0 Å². The molecule has 1 heterocycles. The van der Waals surface area contributed by atoms with E-state index in [1.807, 2.05) is 21.0 Å². The van der Waals surface area contributed by atoms with Crippen LogP contribution in [0.5, 0.6) is 0 Å². The first-order valence-electron chi connectivity index (χ1n) is 6.36. The lowest BCUT2D eigenvalue weighted by molar-refractivity contribution is 0.0555. The van der Waals surface area contributed by atoms with E-state index in [1.54, 1.807) is 12.1 Å². The topological polar surface area (TPSA) is 58.6 Å². The zero-order valence-electron chi connectivity index (χ0n) is 11.9. The third-order valence-electron chi connectivity index (χ3n) is 2.62. The van der Waals surface area contributed by atoms with Gasteiger partial charge in [-0.25, -0.2) is 13.1 Å². The molecule has 116 valence electrons. The van der Waals surface area contributed by atoms with E-state index in [9.17, 15) is 8.42 Å². The highest BCUT2D eigenvalue weighted by molar-refractivity contribution is 9.11. The Balaban J connectivity index is 2.57. The number of hydrogen-bond acceptors (Lipinski definition) is 5. The van der Waals surface area contributed by atoms with Crippen LogP contribution in [0.1, 0.15) is 13.3 Å². The number of hydrogen-bond donors (Lipinski definition) is 1. The summed E-state index contributed by atoms with van der Waals surface area (Å²) < 4.78 is 33.5. The highest BCUT2D eigenvalue weighted by Crippen LogP contribution is 2.25. The van der Waals surface area contributed by atoms with E-state index in [0.29, 0.717) is 17.4 Å². The molecular formula is C12H21BrN2O3S2. The first kappa shape index (κ1) is 18.1. The third-order valence-corrected chi connectivity index (χ3v) is 6.15. The normalized spacial score (nSPS) is 13.8. The Hall–Kier alpha value is 0.01000. The number of ether oxygens (including phenoxy) is 1. The second-order valence-corrected chi connectivity index (χ2v) is 9.04. The second-order valence-electron chi connectivity index (χ2n) is 4.58. The van der Waals surface area contributed by atoms with Crippen molar-refractivity contribution in [3.8, 4) is 0 Å². The van der Waals surface area contributed by atoms with E-state index >= 15 is 0 Å². The molecule has 0 saturated heterocycles. The van der Waals surface area contributed by atoms with Crippen LogP contribution in [-0.2, 0) is 14.8 Å². The van der Waals surface area contributed by atoms with Gasteiger partial charge in [0.2, 0.25) is 10.0 Å². The first-order valence-corrected chi connectivity index (χ1v) is 9.45. The molecule has 0 fully saturated rings. The van der Waals surface area contributed by atoms with Crippen molar-refractivity contribution in [1.29, 1.82) is 0 Å². The van der Waals surface area contributed by atoms with Gasteiger partial charge in [0.25, 0.3) is 0 Å². The van der Waals surface area contributed by atoms with Gasteiger partial charge < -0.3 is 9.64 Å². The summed E-state index contributed by atoms with van der Waals surface area (Å²) in [5.41, 5.74) is 0. The maximum atomic E-state index is 12.1. The summed E-state index contributed by atoms with van der Waals surface area (Å²) in [6.45, 7) is 3.63. The molecule has 1 aromatic heterocycles. The number of nitrogens with zero attached hydrogens (tertiary/aromatic N) is 1. The minimum atomic E-state index is -3.45. The Labute approximate surface area is 133 Å². The Kier molecular flexibility index (Phi) is 7.63. The molecule has 20 heavy (non-hydrogen) atoms. The Morgan fingerprint density at radius 1 is 1.45 bits per heavy atom. The predicted molar refractivity (Wildman–Crippen MR) is 85.8 cm³/mol. The molecule has 5 nitrogen and oxygen atoms in total. The molecule has 0 radical (unpaired) electrons. The van der Waals surface area contributed by atoms with Gasteiger partial charge in [-0.05, 0) is 55.5 Å². The van der Waals surface area contributed by atoms with Crippen molar-refractivity contribution in [3.63, 3.8) is 0 Å². The van der Waals surface area contributed by atoms with Crippen LogP contribution in [0.4, 0.5) is 0 Å². The zero-order valence-corrected chi connectivity index (χ0v) is 15.1. The Bertz CT molecular complexity index is 503. The van der Waals surface area contributed by atoms with Crippen LogP contribution in [0.25, 0.3) is 0 Å². The Morgan fingerprint density at radius 3 is 2.65 bits per heavy atom. The number of thiophene rings is 1. The summed E-state index contributed by atoms with van der Waals surface area (Å²) in [6.07, 6.45) is 0.679. The predicted octanol–water partition coefficient (Wildman–Crippen LogP) is 2.15. The van der Waals surface area contributed by atoms with Crippen LogP contribution >= 0.6 is 27.3 Å². The van der Waals surface area contributed by atoms with Crippen molar-refractivity contribution < 1.29 is 13.2 Å². The van der Waals surface area contributed by atoms with E-state index < -0.39 is 10.0 Å². The maximum Gasteiger partial charge on any atom is 0.250 e. The SMILES string of the molecule is CCOC(CCN(C)C)CNS(=O)(=O)c1ccc(Br)s1. The van der Waals surface area contributed by atoms with E-state index in [2.05, 4.69) is 25.6 Å². The molecule has 0 bridgehead atoms. The molecule has 0 amide bonds. The van der Waals surface area contributed by atoms with Crippen molar-refractivity contribution in [2.45, 2.75) is 23.7 Å². The highest BCUT2D eigenvalue weighted by atomic mass is 79.9. The summed E-state index contributed by atoms with van der Waals surface area (Å²) >= 11 is 4.46. The van der Waals surface area contributed by atoms with Gasteiger partial charge in [0.15, 0.2) is 0 Å². The number of sulfonamides is 1. The highest BCUT2D eigenvalue weighted by Gasteiger charge is 2.19. The van der Waals surface area contributed by atoms with Crippen molar-refractivity contribution >= 4 is 37.3 Å². The summed E-state index contributed by atoms with van der Waals surface area (Å²) in [5.74, 6) is 0. The van der Waals surface area contributed by atoms with Crippen molar-refractivity contribution in [3.05, 3.63) is 15.9 Å². The largest absolute Gasteiger partial charge is 0.377 e. The molecule has 0 aliphatic carbocycles. The van der Waals surface area contributed by atoms with Gasteiger partial charge in [0, 0.05) is 19.7 Å². The molecule has 1 unspecified atom stereocenters. The molecule has 1 rings (SSSR count). The first-order chi connectivity index (χ1) is 9.35. The van der Waals surface area contributed by atoms with Crippen molar-refractivity contribution in [2.75, 3.05) is 33.8 Å². The fourth-order valence-electron chi connectivity index (χ4n) is 1.60. The average Bonchev–Trinajstić information content (AvgIpc) is 2.80. The van der Waals surface area contributed by atoms with Crippen LogP contribution in [-0.4, -0.2) is 53.2 Å². The number of halogens is 1. The second kappa shape index (κ2) is 8.45. The number of rotatable bonds is 9. The molecule has 0 aliphatic heterocycles. The molecule has 0 aliphatic rings. The molecule has 1 atom stereocenters. The van der Waals surface area contributed by atoms with Gasteiger partial charge >= 0.3 is 0 Å². The molecule has 0 aromatic carbocycles. The molecule has 1 N–H and O–H groups in total. The van der Waals surface area contributed by atoms with Gasteiger partial charge in [0.05, 0.1) is 9.89 Å². The van der Waals surface area contributed by atoms with Gasteiger partial charge in [-0.2, -0.15) is 0 Å². The maximum absolute atomic E-state index is 12.1. The minimum Gasteiger partial charge on any atom is -0.377 e. The third kappa shape index (κ3) is 6.19. The summed E-state index contributed by atoms with van der Waals surface area (Å²) in [6, 6.07) is 3.32. The number of nitrogens with one attached hydrogen (secondary N) is 1. The quantitative estimate of drug-likeness (QED) is 0.708. The van der Waals surface area contributed by atoms with Crippen molar-refractivity contribution in [1.82, 2.24) is 9.62 Å². The molecule has 0 spiro atoms. The van der Waals surface area contributed by atoms with Crippen LogP contribution in [0.2, 0.25) is 0 Å². The Morgan fingerprint density at radius 2 is 2.15 bits per heavy atom. The van der Waals surface area contributed by atoms with Crippen LogP contribution in [0, 0.1) is 0 Å². The summed E-state index contributed by atoms with van der Waals surface area (Å²) in [7, 11) is 0.519. The fourth-order valence-corrected chi connectivity index (χ4v) is 4.72. The van der Waals surface area contributed by atoms with E-state index in [-0.39, 0.29) is 6.10 Å². The van der Waals surface area contributed by atoms with Gasteiger partial charge in [0.1, 0.15) is 4.21 Å². The van der Waals surface area contributed by atoms with Gasteiger partial charge in [-0.15, -0.1) is 11.3 Å². The van der Waals surface area contributed by atoms with E-state index in [4.69, 9.17) is 4.74 Å². The lowest BCUT2D eigenvalue weighted by atomic mass is 10.2. The lowest BCUT2D eigenvalue weighted by Gasteiger charge is -2.19. The van der Waals surface area contributed by atoms with Crippen molar-refractivity contribution in [2.24, 2.45) is 0 Å².